The molecule has 0 aliphatic rings. The molecule has 0 saturated heterocycles. The molecule has 0 amide bonds. The van der Waals surface area contributed by atoms with Crippen molar-refractivity contribution in [3.05, 3.63) is 41.2 Å². The second-order valence-corrected chi connectivity index (χ2v) is 4.97. The van der Waals surface area contributed by atoms with Crippen LogP contribution in [-0.4, -0.2) is 34.3 Å². The maximum Gasteiger partial charge on any atom is 0.281 e. The van der Waals surface area contributed by atoms with Gasteiger partial charge in [-0.3, -0.25) is 9.36 Å². The number of hydrogen-bond acceptors (Lipinski definition) is 6. The van der Waals surface area contributed by atoms with Gasteiger partial charge in [0.05, 0.1) is 0 Å². The van der Waals surface area contributed by atoms with Gasteiger partial charge >= 0.3 is 0 Å². The molecule has 21 heavy (non-hydrogen) atoms. The smallest absolute Gasteiger partial charge is 0.281 e. The van der Waals surface area contributed by atoms with Crippen LogP contribution in [0.3, 0.4) is 0 Å². The third kappa shape index (κ3) is 2.51. The quantitative estimate of drug-likeness (QED) is 0.697. The van der Waals surface area contributed by atoms with Gasteiger partial charge in [-0.2, -0.15) is 0 Å². The van der Waals surface area contributed by atoms with Gasteiger partial charge in [0.25, 0.3) is 5.56 Å². The molecule has 108 valence electrons. The van der Waals surface area contributed by atoms with Crippen LogP contribution in [0, 0.1) is 0 Å². The minimum atomic E-state index is -0.191. The van der Waals surface area contributed by atoms with Crippen molar-refractivity contribution < 1.29 is 0 Å². The van der Waals surface area contributed by atoms with Gasteiger partial charge in [0.15, 0.2) is 11.2 Å². The molecule has 0 atom stereocenters. The Hall–Kier alpha value is -2.64. The second-order valence-electron chi connectivity index (χ2n) is 4.97. The lowest BCUT2D eigenvalue weighted by atomic mass is 10.3. The number of fused-ring (bicyclic) bond motifs is 1. The van der Waals surface area contributed by atoms with Crippen molar-refractivity contribution in [2.45, 2.75) is 32.9 Å². The molecule has 3 aromatic heterocycles. The van der Waals surface area contributed by atoms with Crippen molar-refractivity contribution in [1.29, 1.82) is 0 Å². The third-order valence-corrected chi connectivity index (χ3v) is 3.24. The van der Waals surface area contributed by atoms with Crippen LogP contribution in [0.25, 0.3) is 11.2 Å². The number of nitrogens with zero attached hydrogens (tertiary/aromatic N) is 7. The molecule has 0 aromatic carbocycles. The standard InChI is InChI=1S/C13H15N7O/c1-9(2)20-8-17-18-10(20)3-6-19-7-16-12-11(13(19)21)14-4-5-15-12/h4-5,7-9H,3,6H2,1-2H3. The average molecular weight is 285 g/mol. The lowest BCUT2D eigenvalue weighted by Crippen LogP contribution is -2.23. The van der Waals surface area contributed by atoms with Crippen LogP contribution >= 0.6 is 0 Å². The first-order valence-electron chi connectivity index (χ1n) is 6.71. The van der Waals surface area contributed by atoms with E-state index in [1.165, 1.54) is 23.3 Å². The minimum Gasteiger partial charge on any atom is -0.315 e. The first-order valence-corrected chi connectivity index (χ1v) is 6.71. The number of aryl methyl sites for hydroxylation is 2. The topological polar surface area (TPSA) is 91.4 Å². The van der Waals surface area contributed by atoms with Gasteiger partial charge < -0.3 is 4.57 Å². The summed E-state index contributed by atoms with van der Waals surface area (Å²) < 4.78 is 3.51. The first-order chi connectivity index (χ1) is 10.2. The zero-order valence-corrected chi connectivity index (χ0v) is 11.8. The molecule has 0 aliphatic heterocycles. The minimum absolute atomic E-state index is 0.191. The highest BCUT2D eigenvalue weighted by Gasteiger charge is 2.10. The van der Waals surface area contributed by atoms with E-state index in [1.807, 2.05) is 4.57 Å². The first kappa shape index (κ1) is 13.3. The molecule has 0 fully saturated rings. The Balaban J connectivity index is 1.87. The summed E-state index contributed by atoms with van der Waals surface area (Å²) in [5, 5.41) is 8.01. The monoisotopic (exact) mass is 285 g/mol. The van der Waals surface area contributed by atoms with Gasteiger partial charge in [0, 0.05) is 31.4 Å². The van der Waals surface area contributed by atoms with Crippen LogP contribution in [0.4, 0.5) is 0 Å². The largest absolute Gasteiger partial charge is 0.315 e. The molecule has 0 bridgehead atoms. The van der Waals surface area contributed by atoms with Gasteiger partial charge in [-0.05, 0) is 13.8 Å². The van der Waals surface area contributed by atoms with E-state index >= 15 is 0 Å². The van der Waals surface area contributed by atoms with Gasteiger partial charge in [-0.15, -0.1) is 10.2 Å². The lowest BCUT2D eigenvalue weighted by Gasteiger charge is -2.10. The highest BCUT2D eigenvalue weighted by molar-refractivity contribution is 5.66. The van der Waals surface area contributed by atoms with E-state index in [4.69, 9.17) is 0 Å². The van der Waals surface area contributed by atoms with Gasteiger partial charge in [-0.1, -0.05) is 0 Å². The van der Waals surface area contributed by atoms with Crippen molar-refractivity contribution in [1.82, 2.24) is 34.3 Å². The Kier molecular flexibility index (Phi) is 3.43. The molecule has 3 rings (SSSR count). The van der Waals surface area contributed by atoms with Crippen LogP contribution in [0.5, 0.6) is 0 Å². The van der Waals surface area contributed by atoms with E-state index in [-0.39, 0.29) is 17.1 Å². The van der Waals surface area contributed by atoms with Crippen LogP contribution in [0.15, 0.2) is 29.8 Å². The fourth-order valence-electron chi connectivity index (χ4n) is 2.15. The van der Waals surface area contributed by atoms with Crippen LogP contribution in [0.1, 0.15) is 25.7 Å². The summed E-state index contributed by atoms with van der Waals surface area (Å²) in [5.74, 6) is 0.844. The fraction of sp³-hybridized carbons (Fsp3) is 0.385. The lowest BCUT2D eigenvalue weighted by molar-refractivity contribution is 0.544. The molecule has 0 N–H and O–H groups in total. The molecule has 0 saturated carbocycles. The van der Waals surface area contributed by atoms with E-state index in [2.05, 4.69) is 39.0 Å². The summed E-state index contributed by atoms with van der Waals surface area (Å²) in [6, 6.07) is 0.285. The molecule has 3 heterocycles. The van der Waals surface area contributed by atoms with Crippen molar-refractivity contribution in [2.24, 2.45) is 0 Å². The Morgan fingerprint density at radius 1 is 1.14 bits per heavy atom. The zero-order chi connectivity index (χ0) is 14.8. The molecule has 0 aliphatic carbocycles. The highest BCUT2D eigenvalue weighted by atomic mass is 16.1. The van der Waals surface area contributed by atoms with E-state index < -0.39 is 0 Å². The van der Waals surface area contributed by atoms with E-state index in [0.29, 0.717) is 18.6 Å². The van der Waals surface area contributed by atoms with Crippen molar-refractivity contribution in [3.63, 3.8) is 0 Å². The van der Waals surface area contributed by atoms with Gasteiger partial charge in [0.1, 0.15) is 18.5 Å². The Bertz CT molecular complexity index is 820. The summed E-state index contributed by atoms with van der Waals surface area (Å²) in [4.78, 5) is 24.5. The molecular formula is C13H15N7O. The maximum absolute atomic E-state index is 12.3. The van der Waals surface area contributed by atoms with Crippen LogP contribution in [-0.2, 0) is 13.0 Å². The summed E-state index contributed by atoms with van der Waals surface area (Å²) in [7, 11) is 0. The van der Waals surface area contributed by atoms with Gasteiger partial charge in [0.2, 0.25) is 0 Å². The van der Waals surface area contributed by atoms with Crippen LogP contribution in [0.2, 0.25) is 0 Å². The summed E-state index contributed by atoms with van der Waals surface area (Å²) in [6.07, 6.45) is 6.81. The van der Waals surface area contributed by atoms with E-state index in [1.54, 1.807) is 6.33 Å². The Labute approximate surface area is 120 Å². The van der Waals surface area contributed by atoms with E-state index in [9.17, 15) is 4.79 Å². The van der Waals surface area contributed by atoms with Crippen molar-refractivity contribution >= 4 is 11.2 Å². The number of hydrogen-bond donors (Lipinski definition) is 0. The van der Waals surface area contributed by atoms with E-state index in [0.717, 1.165) is 5.82 Å². The SMILES string of the molecule is CC(C)n1cnnc1CCn1cnc2nccnc2c1=O. The molecular weight excluding hydrogens is 270 g/mol. The molecule has 0 unspecified atom stereocenters. The zero-order valence-electron chi connectivity index (χ0n) is 11.8. The van der Waals surface area contributed by atoms with Crippen LogP contribution < -0.4 is 5.56 Å². The maximum atomic E-state index is 12.3. The summed E-state index contributed by atoms with van der Waals surface area (Å²) >= 11 is 0. The Morgan fingerprint density at radius 3 is 2.76 bits per heavy atom. The highest BCUT2D eigenvalue weighted by Crippen LogP contribution is 2.07. The second kappa shape index (κ2) is 5.39. The normalized spacial score (nSPS) is 11.4. The molecule has 8 heteroatoms. The number of rotatable bonds is 4. The predicted molar refractivity (Wildman–Crippen MR) is 75.7 cm³/mol. The summed E-state index contributed by atoms with van der Waals surface area (Å²) in [5.41, 5.74) is 0.457. The molecule has 8 nitrogen and oxygen atoms in total. The fourth-order valence-corrected chi connectivity index (χ4v) is 2.15. The summed E-state index contributed by atoms with van der Waals surface area (Å²) in [6.45, 7) is 4.60. The molecule has 3 aromatic rings. The average Bonchev–Trinajstić information content (AvgIpc) is 2.95. The van der Waals surface area contributed by atoms with Gasteiger partial charge in [-0.25, -0.2) is 15.0 Å². The van der Waals surface area contributed by atoms with Crippen molar-refractivity contribution in [2.75, 3.05) is 0 Å². The number of aromatic nitrogens is 7. The molecule has 0 radical (unpaired) electrons. The third-order valence-electron chi connectivity index (χ3n) is 3.24. The van der Waals surface area contributed by atoms with Crippen molar-refractivity contribution in [3.8, 4) is 0 Å². The molecule has 0 spiro atoms. The Morgan fingerprint density at radius 2 is 1.95 bits per heavy atom. The predicted octanol–water partition coefficient (Wildman–Crippen LogP) is 0.602.